The second-order valence-electron chi connectivity index (χ2n) is 15.6. The normalized spacial score (nSPS) is 16.9. The van der Waals surface area contributed by atoms with Crippen molar-refractivity contribution in [1.82, 2.24) is 5.32 Å². The van der Waals surface area contributed by atoms with E-state index in [0.29, 0.717) is 0 Å². The number of anilines is 2. The number of rotatable bonds is 4. The summed E-state index contributed by atoms with van der Waals surface area (Å²) in [6.07, 6.45) is 1.87. The summed E-state index contributed by atoms with van der Waals surface area (Å²) < 4.78 is 6.06. The number of nitrogens with one attached hydrogen (secondary N) is 1. The van der Waals surface area contributed by atoms with Crippen molar-refractivity contribution in [2.45, 2.75) is 131 Å². The van der Waals surface area contributed by atoms with Gasteiger partial charge in [0.25, 0.3) is 0 Å². The smallest absolute Gasteiger partial charge is 0.248 e. The SMILES string of the molecule is COc1c(C(C)(C)C)cc(N(C(=O)[C@@H]2CCCN2)c2cc(C(C)(C)C)c(C)c(C(C)(C)C)c2)cc1C(C)(C)C. The third-order valence-electron chi connectivity index (χ3n) is 8.00. The van der Waals surface area contributed by atoms with Crippen molar-refractivity contribution in [3.8, 4) is 5.75 Å². The van der Waals surface area contributed by atoms with Crippen LogP contribution < -0.4 is 15.0 Å². The van der Waals surface area contributed by atoms with Crippen molar-refractivity contribution < 1.29 is 9.53 Å². The Balaban J connectivity index is 2.46. The number of nitrogens with zero attached hydrogens (tertiary/aromatic N) is 1. The van der Waals surface area contributed by atoms with E-state index < -0.39 is 0 Å². The molecule has 0 bridgehead atoms. The number of methoxy groups -OCH3 is 1. The molecule has 1 N–H and O–H groups in total. The molecule has 1 saturated heterocycles. The Kier molecular flexibility index (Phi) is 8.46. The van der Waals surface area contributed by atoms with Crippen molar-refractivity contribution in [1.29, 1.82) is 0 Å². The molecule has 1 atom stereocenters. The van der Waals surface area contributed by atoms with Gasteiger partial charge in [0.15, 0.2) is 0 Å². The van der Waals surface area contributed by atoms with Crippen molar-refractivity contribution in [3.63, 3.8) is 0 Å². The number of amides is 1. The first-order chi connectivity index (χ1) is 17.7. The van der Waals surface area contributed by atoms with Crippen LogP contribution in [0, 0.1) is 6.92 Å². The Morgan fingerprint density at radius 2 is 1.13 bits per heavy atom. The van der Waals surface area contributed by atoms with E-state index in [1.54, 1.807) is 7.11 Å². The van der Waals surface area contributed by atoms with Crippen LogP contribution in [0.25, 0.3) is 0 Å². The molecule has 1 amide bonds. The summed E-state index contributed by atoms with van der Waals surface area (Å²) in [5.74, 6) is 1.03. The molecule has 4 nitrogen and oxygen atoms in total. The molecule has 3 rings (SSSR count). The summed E-state index contributed by atoms with van der Waals surface area (Å²) in [6, 6.07) is 8.70. The van der Waals surface area contributed by atoms with Crippen LogP contribution in [0.2, 0.25) is 0 Å². The summed E-state index contributed by atoms with van der Waals surface area (Å²) in [4.78, 5) is 16.5. The molecular weight excluding hydrogens is 480 g/mol. The van der Waals surface area contributed by atoms with Gasteiger partial charge in [-0.3, -0.25) is 9.69 Å². The third kappa shape index (κ3) is 6.53. The molecule has 0 aliphatic carbocycles. The van der Waals surface area contributed by atoms with E-state index in [2.05, 4.69) is 120 Å². The first-order valence-electron chi connectivity index (χ1n) is 14.6. The highest BCUT2D eigenvalue weighted by Crippen LogP contribution is 2.45. The highest BCUT2D eigenvalue weighted by atomic mass is 16.5. The minimum atomic E-state index is -0.194. The number of benzene rings is 2. The molecule has 0 aromatic heterocycles. The zero-order valence-electron chi connectivity index (χ0n) is 27.3. The van der Waals surface area contributed by atoms with E-state index in [9.17, 15) is 4.79 Å². The van der Waals surface area contributed by atoms with Crippen LogP contribution in [-0.4, -0.2) is 25.6 Å². The zero-order valence-corrected chi connectivity index (χ0v) is 27.3. The molecule has 0 saturated carbocycles. The molecule has 1 aliphatic heterocycles. The lowest BCUT2D eigenvalue weighted by molar-refractivity contribution is -0.119. The first kappa shape index (κ1) is 31.2. The fraction of sp³-hybridized carbons (Fsp3) is 0.629. The van der Waals surface area contributed by atoms with Gasteiger partial charge in [0, 0.05) is 22.5 Å². The van der Waals surface area contributed by atoms with Gasteiger partial charge in [0.1, 0.15) is 5.75 Å². The number of hydrogen-bond acceptors (Lipinski definition) is 3. The van der Waals surface area contributed by atoms with Crippen LogP contribution in [0.4, 0.5) is 11.4 Å². The van der Waals surface area contributed by atoms with Gasteiger partial charge >= 0.3 is 0 Å². The maximum atomic E-state index is 14.5. The third-order valence-corrected chi connectivity index (χ3v) is 8.00. The van der Waals surface area contributed by atoms with Gasteiger partial charge in [-0.05, 0) is 88.9 Å². The average molecular weight is 535 g/mol. The van der Waals surface area contributed by atoms with Crippen LogP contribution in [0.5, 0.6) is 5.75 Å². The quantitative estimate of drug-likeness (QED) is 0.427. The Bertz CT molecular complexity index is 1140. The fourth-order valence-electron chi connectivity index (χ4n) is 5.92. The van der Waals surface area contributed by atoms with Crippen molar-refractivity contribution in [2.24, 2.45) is 0 Å². The maximum absolute atomic E-state index is 14.5. The van der Waals surface area contributed by atoms with Gasteiger partial charge in [0.2, 0.25) is 5.91 Å². The van der Waals surface area contributed by atoms with E-state index in [-0.39, 0.29) is 33.6 Å². The average Bonchev–Trinajstić information content (AvgIpc) is 3.31. The summed E-state index contributed by atoms with van der Waals surface area (Å²) in [6.45, 7) is 30.0. The minimum absolute atomic E-state index is 0.0620. The van der Waals surface area contributed by atoms with Crippen LogP contribution in [0.1, 0.15) is 124 Å². The summed E-state index contributed by atoms with van der Waals surface area (Å²) >= 11 is 0. The molecule has 39 heavy (non-hydrogen) atoms. The van der Waals surface area contributed by atoms with E-state index in [1.165, 1.54) is 16.7 Å². The van der Waals surface area contributed by atoms with Gasteiger partial charge in [0.05, 0.1) is 13.2 Å². The van der Waals surface area contributed by atoms with E-state index in [1.807, 2.05) is 4.90 Å². The molecule has 2 aromatic carbocycles. The monoisotopic (exact) mass is 534 g/mol. The molecule has 4 heteroatoms. The number of carbonyl (C=O) groups excluding carboxylic acids is 1. The molecule has 1 aliphatic rings. The molecule has 0 unspecified atom stereocenters. The molecule has 1 fully saturated rings. The van der Waals surface area contributed by atoms with E-state index >= 15 is 0 Å². The summed E-state index contributed by atoms with van der Waals surface area (Å²) in [5, 5.41) is 3.47. The molecule has 0 spiro atoms. The number of hydrogen-bond donors (Lipinski definition) is 1. The van der Waals surface area contributed by atoms with Gasteiger partial charge in [-0.2, -0.15) is 0 Å². The molecular formula is C35H54N2O2. The number of carbonyl (C=O) groups is 1. The molecule has 2 aromatic rings. The molecule has 216 valence electrons. The van der Waals surface area contributed by atoms with Gasteiger partial charge < -0.3 is 10.1 Å². The maximum Gasteiger partial charge on any atom is 0.248 e. The first-order valence-corrected chi connectivity index (χ1v) is 14.6. The highest BCUT2D eigenvalue weighted by Gasteiger charge is 2.35. The standard InChI is InChI=1S/C35H54N2O2/c1-22-25(32(2,3)4)18-23(19-26(22)33(5,6)7)37(31(38)29-16-15-17-36-29)24-20-27(34(8,9)10)30(39-14)28(21-24)35(11,12)13/h18-21,29,36H,15-17H2,1-14H3/t29-/m0/s1. The van der Waals surface area contributed by atoms with Crippen LogP contribution in [0.15, 0.2) is 24.3 Å². The van der Waals surface area contributed by atoms with Crippen LogP contribution >= 0.6 is 0 Å². The summed E-state index contributed by atoms with van der Waals surface area (Å²) in [7, 11) is 1.76. The van der Waals surface area contributed by atoms with Crippen LogP contribution in [-0.2, 0) is 26.5 Å². The van der Waals surface area contributed by atoms with Crippen LogP contribution in [0.3, 0.4) is 0 Å². The Hall–Kier alpha value is -2.33. The lowest BCUT2D eigenvalue weighted by Crippen LogP contribution is -2.42. The largest absolute Gasteiger partial charge is 0.496 e. The van der Waals surface area contributed by atoms with Crippen molar-refractivity contribution in [3.05, 3.63) is 52.1 Å². The molecule has 0 radical (unpaired) electrons. The Labute approximate surface area is 238 Å². The predicted molar refractivity (Wildman–Crippen MR) is 167 cm³/mol. The molecule has 1 heterocycles. The zero-order chi connectivity index (χ0) is 29.7. The Morgan fingerprint density at radius 3 is 1.44 bits per heavy atom. The number of ether oxygens (including phenoxy) is 1. The second-order valence-corrected chi connectivity index (χ2v) is 15.6. The predicted octanol–water partition coefficient (Wildman–Crippen LogP) is 8.61. The van der Waals surface area contributed by atoms with E-state index in [4.69, 9.17) is 4.74 Å². The van der Waals surface area contributed by atoms with Crippen molar-refractivity contribution >= 4 is 17.3 Å². The van der Waals surface area contributed by atoms with Crippen molar-refractivity contribution in [2.75, 3.05) is 18.6 Å². The fourth-order valence-corrected chi connectivity index (χ4v) is 5.92. The van der Waals surface area contributed by atoms with Gasteiger partial charge in [-0.15, -0.1) is 0 Å². The second kappa shape index (κ2) is 10.6. The van der Waals surface area contributed by atoms with Gasteiger partial charge in [-0.25, -0.2) is 0 Å². The van der Waals surface area contributed by atoms with Gasteiger partial charge in [-0.1, -0.05) is 83.1 Å². The lowest BCUT2D eigenvalue weighted by atomic mass is 9.76. The summed E-state index contributed by atoms with van der Waals surface area (Å²) in [5.41, 5.74) is 7.50. The Morgan fingerprint density at radius 1 is 0.744 bits per heavy atom. The highest BCUT2D eigenvalue weighted by molar-refractivity contribution is 6.04. The van der Waals surface area contributed by atoms with E-state index in [0.717, 1.165) is 47.6 Å². The lowest BCUT2D eigenvalue weighted by Gasteiger charge is -2.35. The topological polar surface area (TPSA) is 41.6 Å². The minimum Gasteiger partial charge on any atom is -0.496 e.